The van der Waals surface area contributed by atoms with Crippen molar-refractivity contribution in [1.82, 2.24) is 0 Å². The second-order valence-corrected chi connectivity index (χ2v) is 8.70. The van der Waals surface area contributed by atoms with E-state index in [1.54, 1.807) is 25.1 Å². The number of nitro benzene ring substituents is 1. The first-order valence-electron chi connectivity index (χ1n) is 9.35. The Morgan fingerprint density at radius 3 is 2.58 bits per heavy atom. The van der Waals surface area contributed by atoms with E-state index in [0.29, 0.717) is 22.6 Å². The maximum absolute atomic E-state index is 13.0. The number of nitro groups is 1. The van der Waals surface area contributed by atoms with Crippen LogP contribution in [0.3, 0.4) is 0 Å². The molecular weight excluding hydrogens is 477 g/mol. The van der Waals surface area contributed by atoms with Gasteiger partial charge >= 0.3 is 6.18 Å². The minimum atomic E-state index is -4.55. The summed E-state index contributed by atoms with van der Waals surface area (Å²) in [5.41, 5.74) is 0.392. The molecule has 0 unspecified atom stereocenters. The van der Waals surface area contributed by atoms with E-state index in [1.807, 2.05) is 0 Å². The summed E-state index contributed by atoms with van der Waals surface area (Å²) < 4.78 is 45.0. The lowest BCUT2D eigenvalue weighted by molar-refractivity contribution is -0.384. The van der Waals surface area contributed by atoms with Crippen LogP contribution >= 0.6 is 24.0 Å². The number of anilines is 1. The van der Waals surface area contributed by atoms with Crippen LogP contribution in [0.15, 0.2) is 63.9 Å². The molecule has 1 fully saturated rings. The Labute approximate surface area is 194 Å². The van der Waals surface area contributed by atoms with E-state index in [0.717, 1.165) is 28.8 Å². The molecule has 0 spiro atoms. The van der Waals surface area contributed by atoms with Gasteiger partial charge in [0.25, 0.3) is 11.6 Å². The van der Waals surface area contributed by atoms with Gasteiger partial charge in [-0.25, -0.2) is 0 Å². The van der Waals surface area contributed by atoms with E-state index >= 15 is 0 Å². The summed E-state index contributed by atoms with van der Waals surface area (Å²) in [4.78, 5) is 24.5. The number of thioether (sulfide) groups is 1. The highest BCUT2D eigenvalue weighted by molar-refractivity contribution is 8.27. The summed E-state index contributed by atoms with van der Waals surface area (Å²) >= 11 is 6.17. The zero-order valence-electron chi connectivity index (χ0n) is 16.8. The van der Waals surface area contributed by atoms with Crippen LogP contribution in [0.1, 0.15) is 16.9 Å². The number of alkyl halides is 3. The number of halogens is 3. The average Bonchev–Trinajstić information content (AvgIpc) is 3.31. The fraction of sp³-hybridized carbons (Fsp3) is 0.0909. The number of hydrogen-bond acceptors (Lipinski definition) is 6. The Morgan fingerprint density at radius 1 is 1.15 bits per heavy atom. The van der Waals surface area contributed by atoms with E-state index in [4.69, 9.17) is 16.6 Å². The predicted octanol–water partition coefficient (Wildman–Crippen LogP) is 6.59. The Bertz CT molecular complexity index is 1330. The van der Waals surface area contributed by atoms with Gasteiger partial charge in [0.2, 0.25) is 0 Å². The zero-order valence-corrected chi connectivity index (χ0v) is 18.4. The van der Waals surface area contributed by atoms with E-state index in [9.17, 15) is 28.1 Å². The molecule has 0 saturated carbocycles. The number of amides is 1. The number of hydrogen-bond donors (Lipinski definition) is 0. The van der Waals surface area contributed by atoms with Crippen molar-refractivity contribution < 1.29 is 27.3 Å². The second-order valence-electron chi connectivity index (χ2n) is 7.02. The van der Waals surface area contributed by atoms with E-state index in [1.165, 1.54) is 30.3 Å². The summed E-state index contributed by atoms with van der Waals surface area (Å²) in [5, 5.41) is 10.9. The van der Waals surface area contributed by atoms with Crippen molar-refractivity contribution in [2.75, 3.05) is 4.90 Å². The van der Waals surface area contributed by atoms with Gasteiger partial charge in [0.1, 0.15) is 11.5 Å². The largest absolute Gasteiger partial charge is 0.457 e. The predicted molar refractivity (Wildman–Crippen MR) is 123 cm³/mol. The maximum Gasteiger partial charge on any atom is 0.416 e. The van der Waals surface area contributed by atoms with Crippen LogP contribution < -0.4 is 4.90 Å². The molecule has 1 aliphatic rings. The third-order valence-corrected chi connectivity index (χ3v) is 6.11. The van der Waals surface area contributed by atoms with Crippen molar-refractivity contribution in [3.63, 3.8) is 0 Å². The van der Waals surface area contributed by atoms with Gasteiger partial charge < -0.3 is 4.42 Å². The highest BCUT2D eigenvalue weighted by Crippen LogP contribution is 2.39. The third kappa shape index (κ3) is 4.55. The van der Waals surface area contributed by atoms with Gasteiger partial charge in [-0.3, -0.25) is 19.8 Å². The molecule has 6 nitrogen and oxygen atoms in total. The van der Waals surface area contributed by atoms with Crippen molar-refractivity contribution in [3.8, 4) is 11.3 Å². The zero-order chi connectivity index (χ0) is 23.9. The lowest BCUT2D eigenvalue weighted by atomic mass is 10.1. The van der Waals surface area contributed by atoms with Gasteiger partial charge in [-0.15, -0.1) is 0 Å². The monoisotopic (exact) mass is 490 g/mol. The number of non-ortho nitro benzene ring substituents is 1. The highest BCUT2D eigenvalue weighted by Gasteiger charge is 2.36. The molecule has 168 valence electrons. The van der Waals surface area contributed by atoms with Gasteiger partial charge in [0.05, 0.1) is 21.1 Å². The molecular formula is C22H13F3N2O4S2. The molecule has 2 heterocycles. The molecule has 11 heteroatoms. The average molecular weight is 490 g/mol. The highest BCUT2D eigenvalue weighted by atomic mass is 32.2. The molecule has 1 aromatic heterocycles. The molecule has 0 aliphatic carbocycles. The first-order chi connectivity index (χ1) is 15.5. The minimum Gasteiger partial charge on any atom is -0.457 e. The fourth-order valence-corrected chi connectivity index (χ4v) is 4.53. The lowest BCUT2D eigenvalue weighted by Gasteiger charge is -2.16. The lowest BCUT2D eigenvalue weighted by Crippen LogP contribution is -2.27. The molecule has 0 N–H and O–H groups in total. The smallest absolute Gasteiger partial charge is 0.416 e. The van der Waals surface area contributed by atoms with Gasteiger partial charge in [0.15, 0.2) is 4.32 Å². The standard InChI is InChI=1S/C22H13F3N2O4S2/c1-12-9-15(27(29)30)5-7-17(12)18-8-6-16(31-18)11-19-20(28)26(21(32)33-19)14-4-2-3-13(10-14)22(23,24)25/h2-11H,1H3. The molecule has 3 aromatic rings. The van der Waals surface area contributed by atoms with Gasteiger partial charge in [0, 0.05) is 23.8 Å². The van der Waals surface area contributed by atoms with Gasteiger partial charge in [-0.05, 0) is 48.9 Å². The molecule has 2 aromatic carbocycles. The molecule has 0 atom stereocenters. The number of nitrogens with zero attached hydrogens (tertiary/aromatic N) is 2. The van der Waals surface area contributed by atoms with Crippen LogP contribution in [-0.4, -0.2) is 15.2 Å². The molecule has 0 bridgehead atoms. The topological polar surface area (TPSA) is 76.6 Å². The number of thiocarbonyl (C=S) groups is 1. The number of rotatable bonds is 4. The Kier molecular flexibility index (Phi) is 5.85. The van der Waals surface area contributed by atoms with E-state index in [-0.39, 0.29) is 20.6 Å². The van der Waals surface area contributed by atoms with Crippen molar-refractivity contribution in [3.05, 3.63) is 86.5 Å². The number of aryl methyl sites for hydroxylation is 1. The van der Waals surface area contributed by atoms with Crippen LogP contribution in [0.4, 0.5) is 24.5 Å². The van der Waals surface area contributed by atoms with E-state index < -0.39 is 22.6 Å². The summed E-state index contributed by atoms with van der Waals surface area (Å²) in [6.07, 6.45) is -3.09. The van der Waals surface area contributed by atoms with Crippen molar-refractivity contribution in [2.45, 2.75) is 13.1 Å². The SMILES string of the molecule is Cc1cc([N+](=O)[O-])ccc1-c1ccc(C=C2SC(=S)N(c3cccc(C(F)(F)F)c3)C2=O)o1. The number of carbonyl (C=O) groups is 1. The second kappa shape index (κ2) is 8.49. The molecule has 33 heavy (non-hydrogen) atoms. The van der Waals surface area contributed by atoms with Crippen LogP contribution in [0.5, 0.6) is 0 Å². The molecule has 4 rings (SSSR count). The fourth-order valence-electron chi connectivity index (χ4n) is 3.25. The summed E-state index contributed by atoms with van der Waals surface area (Å²) in [6.45, 7) is 1.71. The quantitative estimate of drug-likeness (QED) is 0.178. The van der Waals surface area contributed by atoms with Gasteiger partial charge in [-0.2, -0.15) is 13.2 Å². The van der Waals surface area contributed by atoms with Crippen LogP contribution in [0.2, 0.25) is 0 Å². The van der Waals surface area contributed by atoms with Crippen LogP contribution in [0, 0.1) is 17.0 Å². The van der Waals surface area contributed by atoms with Crippen molar-refractivity contribution >= 4 is 51.7 Å². The summed E-state index contributed by atoms with van der Waals surface area (Å²) in [6, 6.07) is 12.0. The summed E-state index contributed by atoms with van der Waals surface area (Å²) in [7, 11) is 0. The Balaban J connectivity index is 1.61. The van der Waals surface area contributed by atoms with Crippen molar-refractivity contribution in [2.24, 2.45) is 0 Å². The molecule has 1 saturated heterocycles. The van der Waals surface area contributed by atoms with Gasteiger partial charge in [-0.1, -0.05) is 30.0 Å². The number of furan rings is 1. The number of carbonyl (C=O) groups excluding carboxylic acids is 1. The summed E-state index contributed by atoms with van der Waals surface area (Å²) in [5.74, 6) is 0.211. The first-order valence-corrected chi connectivity index (χ1v) is 10.6. The van der Waals surface area contributed by atoms with Crippen molar-refractivity contribution in [1.29, 1.82) is 0 Å². The first kappa shape index (κ1) is 22.7. The molecule has 1 aliphatic heterocycles. The Morgan fingerprint density at radius 2 is 1.91 bits per heavy atom. The normalized spacial score (nSPS) is 15.5. The Hall–Kier alpha value is -3.44. The number of benzene rings is 2. The molecule has 1 amide bonds. The van der Waals surface area contributed by atoms with Crippen LogP contribution in [-0.2, 0) is 11.0 Å². The minimum absolute atomic E-state index is 0.0253. The third-order valence-electron chi connectivity index (χ3n) is 4.81. The molecule has 0 radical (unpaired) electrons. The van der Waals surface area contributed by atoms with Crippen LogP contribution in [0.25, 0.3) is 17.4 Å². The maximum atomic E-state index is 13.0. The van der Waals surface area contributed by atoms with E-state index in [2.05, 4.69) is 0 Å².